The molecule has 12 heavy (non-hydrogen) atoms. The van der Waals surface area contributed by atoms with Gasteiger partial charge in [0.1, 0.15) is 0 Å². The minimum Gasteiger partial charge on any atom is -0.328 e. The van der Waals surface area contributed by atoms with E-state index in [1.165, 1.54) is 32.4 Å². The molecule has 1 aliphatic heterocycles. The standard InChI is InChI=1S/C8H16N2.C2H6/c1-10-3-2-8(6-10)4-7(9)5-8;1-2/h7H,2-6,9H2,1H3;1-2H3. The first-order valence-electron chi connectivity index (χ1n) is 5.14. The van der Waals surface area contributed by atoms with Crippen LogP contribution in [0.4, 0.5) is 0 Å². The van der Waals surface area contributed by atoms with Gasteiger partial charge in [-0.15, -0.1) is 0 Å². The van der Waals surface area contributed by atoms with Crippen LogP contribution < -0.4 is 5.73 Å². The third-order valence-electron chi connectivity index (χ3n) is 3.02. The van der Waals surface area contributed by atoms with E-state index < -0.39 is 0 Å². The van der Waals surface area contributed by atoms with Gasteiger partial charge in [-0.1, -0.05) is 13.8 Å². The molecule has 0 aromatic heterocycles. The Bertz CT molecular complexity index is 133. The Morgan fingerprint density at radius 1 is 1.33 bits per heavy atom. The van der Waals surface area contributed by atoms with Gasteiger partial charge in [0.05, 0.1) is 0 Å². The number of rotatable bonds is 0. The van der Waals surface area contributed by atoms with Crippen LogP contribution in [0.25, 0.3) is 0 Å². The van der Waals surface area contributed by atoms with Gasteiger partial charge in [-0.05, 0) is 38.3 Å². The maximum Gasteiger partial charge on any atom is 0.00503 e. The number of likely N-dealkylation sites (tertiary alicyclic amines) is 1. The summed E-state index contributed by atoms with van der Waals surface area (Å²) in [6, 6.07) is 0.520. The molecule has 0 bridgehead atoms. The first kappa shape index (κ1) is 10.0. The van der Waals surface area contributed by atoms with Gasteiger partial charge in [-0.2, -0.15) is 0 Å². The van der Waals surface area contributed by atoms with E-state index in [1.54, 1.807) is 0 Å². The zero-order valence-electron chi connectivity index (χ0n) is 8.64. The normalized spacial score (nSPS) is 40.5. The van der Waals surface area contributed by atoms with Gasteiger partial charge in [0.2, 0.25) is 0 Å². The summed E-state index contributed by atoms with van der Waals surface area (Å²) in [6.45, 7) is 6.58. The van der Waals surface area contributed by atoms with Crippen LogP contribution in [-0.4, -0.2) is 31.1 Å². The first-order valence-corrected chi connectivity index (χ1v) is 5.14. The summed E-state index contributed by atoms with van der Waals surface area (Å²) in [5, 5.41) is 0. The third kappa shape index (κ3) is 1.80. The molecule has 0 aromatic carbocycles. The highest BCUT2D eigenvalue weighted by Crippen LogP contribution is 2.46. The van der Waals surface area contributed by atoms with Crippen LogP contribution >= 0.6 is 0 Å². The Kier molecular flexibility index (Phi) is 3.13. The minimum atomic E-state index is 0.520. The highest BCUT2D eigenvalue weighted by Gasteiger charge is 2.45. The van der Waals surface area contributed by atoms with Crippen molar-refractivity contribution in [3.8, 4) is 0 Å². The average molecular weight is 170 g/mol. The van der Waals surface area contributed by atoms with Crippen LogP contribution in [0, 0.1) is 5.41 Å². The highest BCUT2D eigenvalue weighted by atomic mass is 15.1. The molecule has 0 unspecified atom stereocenters. The topological polar surface area (TPSA) is 29.3 Å². The Balaban J connectivity index is 0.000000336. The second-order valence-corrected chi connectivity index (χ2v) is 4.16. The van der Waals surface area contributed by atoms with Crippen molar-refractivity contribution in [3.05, 3.63) is 0 Å². The predicted molar refractivity (Wildman–Crippen MR) is 53.1 cm³/mol. The van der Waals surface area contributed by atoms with Crippen LogP contribution in [-0.2, 0) is 0 Å². The monoisotopic (exact) mass is 170 g/mol. The van der Waals surface area contributed by atoms with Gasteiger partial charge >= 0.3 is 0 Å². The minimum absolute atomic E-state index is 0.520. The van der Waals surface area contributed by atoms with E-state index in [0.717, 1.165) is 0 Å². The van der Waals surface area contributed by atoms with Crippen molar-refractivity contribution in [2.75, 3.05) is 20.1 Å². The van der Waals surface area contributed by atoms with Gasteiger partial charge < -0.3 is 10.6 Å². The molecule has 2 heteroatoms. The number of nitrogens with zero attached hydrogens (tertiary/aromatic N) is 1. The van der Waals surface area contributed by atoms with Gasteiger partial charge in [-0.3, -0.25) is 0 Å². The highest BCUT2D eigenvalue weighted by molar-refractivity contribution is 5.01. The lowest BCUT2D eigenvalue weighted by molar-refractivity contribution is 0.116. The molecule has 1 saturated heterocycles. The molecular weight excluding hydrogens is 148 g/mol. The Labute approximate surface area is 76.1 Å². The van der Waals surface area contributed by atoms with E-state index in [1.807, 2.05) is 13.8 Å². The number of hydrogen-bond donors (Lipinski definition) is 1. The largest absolute Gasteiger partial charge is 0.328 e. The fraction of sp³-hybridized carbons (Fsp3) is 1.00. The smallest absolute Gasteiger partial charge is 0.00503 e. The Morgan fingerprint density at radius 2 is 1.92 bits per heavy atom. The van der Waals surface area contributed by atoms with E-state index in [0.29, 0.717) is 11.5 Å². The molecule has 72 valence electrons. The van der Waals surface area contributed by atoms with E-state index in [2.05, 4.69) is 11.9 Å². The van der Waals surface area contributed by atoms with Crippen molar-refractivity contribution in [2.45, 2.75) is 39.2 Å². The summed E-state index contributed by atoms with van der Waals surface area (Å²) in [5.74, 6) is 0. The van der Waals surface area contributed by atoms with Crippen LogP contribution in [0.5, 0.6) is 0 Å². The second kappa shape index (κ2) is 3.75. The lowest BCUT2D eigenvalue weighted by Gasteiger charge is -2.43. The van der Waals surface area contributed by atoms with Crippen molar-refractivity contribution < 1.29 is 0 Å². The van der Waals surface area contributed by atoms with E-state index in [4.69, 9.17) is 5.73 Å². The molecular formula is C10H22N2. The molecule has 2 rings (SSSR count). The quantitative estimate of drug-likeness (QED) is 0.596. The van der Waals surface area contributed by atoms with Crippen molar-refractivity contribution >= 4 is 0 Å². The summed E-state index contributed by atoms with van der Waals surface area (Å²) in [4.78, 5) is 2.42. The zero-order valence-corrected chi connectivity index (χ0v) is 8.64. The molecule has 2 aliphatic rings. The molecule has 1 heterocycles. The van der Waals surface area contributed by atoms with Crippen LogP contribution in [0.3, 0.4) is 0 Å². The third-order valence-corrected chi connectivity index (χ3v) is 3.02. The summed E-state index contributed by atoms with van der Waals surface area (Å²) < 4.78 is 0. The molecule has 2 nitrogen and oxygen atoms in total. The van der Waals surface area contributed by atoms with Crippen molar-refractivity contribution in [2.24, 2.45) is 11.1 Å². The fourth-order valence-electron chi connectivity index (χ4n) is 2.54. The van der Waals surface area contributed by atoms with Crippen LogP contribution in [0.15, 0.2) is 0 Å². The molecule has 1 saturated carbocycles. The Hall–Kier alpha value is -0.0800. The van der Waals surface area contributed by atoms with Crippen molar-refractivity contribution in [1.82, 2.24) is 4.90 Å². The summed E-state index contributed by atoms with van der Waals surface area (Å²) >= 11 is 0. The summed E-state index contributed by atoms with van der Waals surface area (Å²) in [6.07, 6.45) is 3.94. The fourth-order valence-corrected chi connectivity index (χ4v) is 2.54. The molecule has 0 aromatic rings. The summed E-state index contributed by atoms with van der Waals surface area (Å²) in [5.41, 5.74) is 6.42. The molecule has 0 atom stereocenters. The predicted octanol–water partition coefficient (Wildman–Crippen LogP) is 1.46. The Morgan fingerprint density at radius 3 is 2.25 bits per heavy atom. The molecule has 2 fully saturated rings. The van der Waals surface area contributed by atoms with E-state index >= 15 is 0 Å². The van der Waals surface area contributed by atoms with Crippen molar-refractivity contribution in [3.63, 3.8) is 0 Å². The van der Waals surface area contributed by atoms with E-state index in [-0.39, 0.29) is 0 Å². The van der Waals surface area contributed by atoms with Crippen LogP contribution in [0.1, 0.15) is 33.1 Å². The van der Waals surface area contributed by atoms with Gasteiger partial charge in [0.25, 0.3) is 0 Å². The molecule has 1 aliphatic carbocycles. The maximum atomic E-state index is 5.76. The van der Waals surface area contributed by atoms with E-state index in [9.17, 15) is 0 Å². The molecule has 1 spiro atoms. The molecule has 0 radical (unpaired) electrons. The van der Waals surface area contributed by atoms with Crippen molar-refractivity contribution in [1.29, 1.82) is 0 Å². The average Bonchev–Trinajstić information content (AvgIpc) is 2.36. The lowest BCUT2D eigenvalue weighted by atomic mass is 9.65. The first-order chi connectivity index (χ1) is 5.70. The van der Waals surface area contributed by atoms with Crippen LogP contribution in [0.2, 0.25) is 0 Å². The van der Waals surface area contributed by atoms with Gasteiger partial charge in [0.15, 0.2) is 0 Å². The van der Waals surface area contributed by atoms with Gasteiger partial charge in [-0.25, -0.2) is 0 Å². The van der Waals surface area contributed by atoms with Gasteiger partial charge in [0, 0.05) is 12.6 Å². The summed E-state index contributed by atoms with van der Waals surface area (Å²) in [7, 11) is 2.21. The second-order valence-electron chi connectivity index (χ2n) is 4.16. The SMILES string of the molecule is CC.CN1CCC2(CC(N)C2)C1. The number of hydrogen-bond acceptors (Lipinski definition) is 2. The maximum absolute atomic E-state index is 5.76. The molecule has 0 amide bonds. The molecule has 2 N–H and O–H groups in total. The number of nitrogens with two attached hydrogens (primary N) is 1. The lowest BCUT2D eigenvalue weighted by Crippen LogP contribution is -2.47. The zero-order chi connectivity index (χ0) is 9.19.